The van der Waals surface area contributed by atoms with Gasteiger partial charge in [0.15, 0.2) is 0 Å². The molecular formula is C13H19N3O2. The number of carbonyl (C=O) groups is 1. The van der Waals surface area contributed by atoms with Crippen molar-refractivity contribution < 1.29 is 4.79 Å². The highest BCUT2D eigenvalue weighted by molar-refractivity contribution is 5.91. The van der Waals surface area contributed by atoms with Gasteiger partial charge in [0, 0.05) is 18.2 Å². The van der Waals surface area contributed by atoms with Crippen LogP contribution in [0.25, 0.3) is 0 Å². The number of amides is 1. The number of hydrogen-bond donors (Lipinski definition) is 2. The van der Waals surface area contributed by atoms with Crippen molar-refractivity contribution in [1.82, 2.24) is 15.4 Å². The lowest BCUT2D eigenvalue weighted by Gasteiger charge is -2.38. The van der Waals surface area contributed by atoms with Gasteiger partial charge in [-0.3, -0.25) is 15.0 Å². The van der Waals surface area contributed by atoms with Crippen molar-refractivity contribution in [2.75, 3.05) is 0 Å². The Balaban J connectivity index is 2.08. The SMILES string of the molecule is CC1CCCC(C)N1NC(=O)c1cccc(=O)[nH]1. The number of nitrogens with one attached hydrogen (secondary N) is 2. The molecule has 2 N–H and O–H groups in total. The van der Waals surface area contributed by atoms with E-state index < -0.39 is 0 Å². The zero-order chi connectivity index (χ0) is 13.1. The van der Waals surface area contributed by atoms with Gasteiger partial charge in [0.25, 0.3) is 5.91 Å². The van der Waals surface area contributed by atoms with Gasteiger partial charge in [0.05, 0.1) is 0 Å². The number of pyridine rings is 1. The minimum Gasteiger partial charge on any atom is -0.318 e. The molecule has 5 nitrogen and oxygen atoms in total. The molecule has 1 aliphatic rings. The van der Waals surface area contributed by atoms with Gasteiger partial charge in [-0.25, -0.2) is 5.01 Å². The van der Waals surface area contributed by atoms with Crippen LogP contribution in [0.5, 0.6) is 0 Å². The molecule has 5 heteroatoms. The topological polar surface area (TPSA) is 65.2 Å². The van der Waals surface area contributed by atoms with Crippen LogP contribution in [0.1, 0.15) is 43.6 Å². The molecular weight excluding hydrogens is 230 g/mol. The van der Waals surface area contributed by atoms with Gasteiger partial charge < -0.3 is 4.98 Å². The Morgan fingerprint density at radius 1 is 1.33 bits per heavy atom. The molecule has 0 saturated carbocycles. The van der Waals surface area contributed by atoms with E-state index in [1.807, 2.05) is 5.01 Å². The molecule has 98 valence electrons. The molecule has 18 heavy (non-hydrogen) atoms. The second kappa shape index (κ2) is 5.35. The first-order valence-electron chi connectivity index (χ1n) is 6.36. The normalized spacial score (nSPS) is 24.8. The zero-order valence-electron chi connectivity index (χ0n) is 10.8. The molecule has 1 saturated heterocycles. The molecule has 1 aromatic heterocycles. The summed E-state index contributed by atoms with van der Waals surface area (Å²) in [6.45, 7) is 4.20. The molecule has 0 aromatic carbocycles. The van der Waals surface area contributed by atoms with Crippen LogP contribution in [0.3, 0.4) is 0 Å². The summed E-state index contributed by atoms with van der Waals surface area (Å²) in [6, 6.07) is 5.23. The van der Waals surface area contributed by atoms with Crippen molar-refractivity contribution in [2.45, 2.75) is 45.2 Å². The lowest BCUT2D eigenvalue weighted by Crippen LogP contribution is -2.54. The van der Waals surface area contributed by atoms with Crippen molar-refractivity contribution in [3.05, 3.63) is 34.2 Å². The number of hydrogen-bond acceptors (Lipinski definition) is 3. The number of carbonyl (C=O) groups excluding carboxylic acids is 1. The standard InChI is InChI=1S/C13H19N3O2/c1-9-5-3-6-10(2)16(9)15-13(18)11-7-4-8-12(17)14-11/h4,7-10H,3,5-6H2,1-2H3,(H,14,17)(H,15,18). The van der Waals surface area contributed by atoms with Gasteiger partial charge in [0.1, 0.15) is 5.69 Å². The molecule has 0 bridgehead atoms. The number of nitrogens with zero attached hydrogens (tertiary/aromatic N) is 1. The fourth-order valence-electron chi connectivity index (χ4n) is 2.40. The monoisotopic (exact) mass is 249 g/mol. The van der Waals surface area contributed by atoms with Crippen molar-refractivity contribution in [1.29, 1.82) is 0 Å². The second-order valence-electron chi connectivity index (χ2n) is 4.91. The molecule has 2 heterocycles. The second-order valence-corrected chi connectivity index (χ2v) is 4.91. The molecule has 0 radical (unpaired) electrons. The van der Waals surface area contributed by atoms with Crippen LogP contribution in [0, 0.1) is 0 Å². The van der Waals surface area contributed by atoms with E-state index in [0.29, 0.717) is 17.8 Å². The molecule has 0 aliphatic carbocycles. The maximum atomic E-state index is 12.0. The van der Waals surface area contributed by atoms with E-state index in [1.165, 1.54) is 12.5 Å². The summed E-state index contributed by atoms with van der Waals surface area (Å²) < 4.78 is 0. The van der Waals surface area contributed by atoms with Crippen molar-refractivity contribution in [3.63, 3.8) is 0 Å². The number of hydrazine groups is 1. The van der Waals surface area contributed by atoms with Crippen molar-refractivity contribution in [2.24, 2.45) is 0 Å². The summed E-state index contributed by atoms with van der Waals surface area (Å²) in [5.41, 5.74) is 2.92. The lowest BCUT2D eigenvalue weighted by atomic mass is 10.00. The first-order valence-corrected chi connectivity index (χ1v) is 6.36. The Bertz CT molecular complexity index is 473. The molecule has 1 aromatic rings. The third-order valence-electron chi connectivity index (χ3n) is 3.44. The molecule has 2 rings (SSSR count). The van der Waals surface area contributed by atoms with Crippen LogP contribution in [-0.4, -0.2) is 28.0 Å². The number of rotatable bonds is 2. The van der Waals surface area contributed by atoms with Gasteiger partial charge in [0.2, 0.25) is 5.56 Å². The highest BCUT2D eigenvalue weighted by atomic mass is 16.2. The number of aromatic amines is 1. The predicted molar refractivity (Wildman–Crippen MR) is 69.1 cm³/mol. The Morgan fingerprint density at radius 3 is 2.61 bits per heavy atom. The molecule has 0 spiro atoms. The summed E-state index contributed by atoms with van der Waals surface area (Å²) in [4.78, 5) is 25.7. The van der Waals surface area contributed by atoms with Crippen LogP contribution in [0.2, 0.25) is 0 Å². The molecule has 2 atom stereocenters. The van der Waals surface area contributed by atoms with Gasteiger partial charge in [-0.05, 0) is 32.8 Å². The van der Waals surface area contributed by atoms with E-state index in [2.05, 4.69) is 24.3 Å². The Morgan fingerprint density at radius 2 is 2.00 bits per heavy atom. The number of piperidine rings is 1. The minimum absolute atomic E-state index is 0.256. The maximum Gasteiger partial charge on any atom is 0.282 e. The molecule has 2 unspecified atom stereocenters. The Labute approximate surface area is 106 Å². The fourth-order valence-corrected chi connectivity index (χ4v) is 2.40. The van der Waals surface area contributed by atoms with E-state index in [0.717, 1.165) is 12.8 Å². The maximum absolute atomic E-state index is 12.0. The van der Waals surface area contributed by atoms with E-state index in [-0.39, 0.29) is 11.5 Å². The highest BCUT2D eigenvalue weighted by Gasteiger charge is 2.26. The average molecular weight is 249 g/mol. The van der Waals surface area contributed by atoms with Gasteiger partial charge in [-0.15, -0.1) is 0 Å². The lowest BCUT2D eigenvalue weighted by molar-refractivity contribution is 0.0366. The van der Waals surface area contributed by atoms with Gasteiger partial charge >= 0.3 is 0 Å². The van der Waals surface area contributed by atoms with E-state index >= 15 is 0 Å². The smallest absolute Gasteiger partial charge is 0.282 e. The fraction of sp³-hybridized carbons (Fsp3) is 0.538. The highest BCUT2D eigenvalue weighted by Crippen LogP contribution is 2.20. The summed E-state index contributed by atoms with van der Waals surface area (Å²) in [7, 11) is 0. The van der Waals surface area contributed by atoms with Crippen LogP contribution >= 0.6 is 0 Å². The minimum atomic E-state index is -0.262. The first-order chi connectivity index (χ1) is 8.58. The van der Waals surface area contributed by atoms with Gasteiger partial charge in [-0.1, -0.05) is 12.5 Å². The van der Waals surface area contributed by atoms with Crippen molar-refractivity contribution in [3.8, 4) is 0 Å². The largest absolute Gasteiger partial charge is 0.318 e. The molecule has 1 amide bonds. The summed E-state index contributed by atoms with van der Waals surface area (Å²) in [5, 5.41) is 1.98. The average Bonchev–Trinajstić information content (AvgIpc) is 2.34. The van der Waals surface area contributed by atoms with Crippen LogP contribution < -0.4 is 11.0 Å². The van der Waals surface area contributed by atoms with Crippen LogP contribution in [-0.2, 0) is 0 Å². The van der Waals surface area contributed by atoms with Crippen molar-refractivity contribution >= 4 is 5.91 Å². The van der Waals surface area contributed by atoms with Crippen LogP contribution in [0.15, 0.2) is 23.0 Å². The zero-order valence-corrected chi connectivity index (χ0v) is 10.8. The third kappa shape index (κ3) is 2.79. The summed E-state index contributed by atoms with van der Waals surface area (Å²) in [5.74, 6) is -0.256. The molecule has 1 fully saturated rings. The predicted octanol–water partition coefficient (Wildman–Crippen LogP) is 1.28. The number of H-pyrrole nitrogens is 1. The van der Waals surface area contributed by atoms with E-state index in [1.54, 1.807) is 12.1 Å². The third-order valence-corrected chi connectivity index (χ3v) is 3.44. The van der Waals surface area contributed by atoms with Crippen LogP contribution in [0.4, 0.5) is 0 Å². The quantitative estimate of drug-likeness (QED) is 0.830. The van der Waals surface area contributed by atoms with E-state index in [4.69, 9.17) is 0 Å². The Kier molecular flexibility index (Phi) is 3.81. The number of aromatic nitrogens is 1. The van der Waals surface area contributed by atoms with E-state index in [9.17, 15) is 9.59 Å². The first kappa shape index (κ1) is 12.8. The summed E-state index contributed by atoms with van der Waals surface area (Å²) in [6.07, 6.45) is 3.35. The Hall–Kier alpha value is -1.62. The van der Waals surface area contributed by atoms with Gasteiger partial charge in [-0.2, -0.15) is 0 Å². The summed E-state index contributed by atoms with van der Waals surface area (Å²) >= 11 is 0. The molecule has 1 aliphatic heterocycles.